The van der Waals surface area contributed by atoms with Crippen molar-refractivity contribution in [3.63, 3.8) is 0 Å². The summed E-state index contributed by atoms with van der Waals surface area (Å²) < 4.78 is 6.86. The van der Waals surface area contributed by atoms with Crippen molar-refractivity contribution >= 4 is 12.2 Å². The quantitative estimate of drug-likeness (QED) is 0.738. The van der Waals surface area contributed by atoms with E-state index in [0.29, 0.717) is 11.3 Å². The highest BCUT2D eigenvalue weighted by Crippen LogP contribution is 2.25. The molecule has 21 heavy (non-hydrogen) atoms. The van der Waals surface area contributed by atoms with Crippen molar-refractivity contribution in [2.75, 3.05) is 0 Å². The van der Waals surface area contributed by atoms with Gasteiger partial charge in [-0.15, -0.1) is 0 Å². The van der Waals surface area contributed by atoms with Gasteiger partial charge in [0.05, 0.1) is 0 Å². The van der Waals surface area contributed by atoms with Crippen LogP contribution in [-0.4, -0.2) is 16.3 Å². The molecule has 1 rings (SSSR count). The molecule has 0 unspecified atom stereocenters. The number of carbonyl (C=O) groups is 1. The van der Waals surface area contributed by atoms with Gasteiger partial charge in [0.1, 0.15) is 23.3 Å². The number of nitrogens with zero attached hydrogens (tertiary/aromatic N) is 3. The van der Waals surface area contributed by atoms with Crippen LogP contribution in [0.5, 0.6) is 0 Å². The summed E-state index contributed by atoms with van der Waals surface area (Å²) in [6.45, 7) is 10.8. The number of carbonyl (C=O) groups excluding carboxylic acids is 1. The summed E-state index contributed by atoms with van der Waals surface area (Å²) >= 11 is 0. The third kappa shape index (κ3) is 3.52. The first kappa shape index (κ1) is 16.5. The van der Waals surface area contributed by atoms with E-state index >= 15 is 0 Å². The van der Waals surface area contributed by atoms with Crippen molar-refractivity contribution in [2.24, 2.45) is 0 Å². The van der Waals surface area contributed by atoms with Gasteiger partial charge in [0.2, 0.25) is 0 Å². The smallest absolute Gasteiger partial charge is 0.418 e. The molecule has 110 valence electrons. The molecule has 1 heterocycles. The van der Waals surface area contributed by atoms with Gasteiger partial charge in [-0.2, -0.15) is 10.5 Å². The average Bonchev–Trinajstić information content (AvgIpc) is 2.56. The summed E-state index contributed by atoms with van der Waals surface area (Å²) in [5.41, 5.74) is 2.36. The zero-order chi connectivity index (χ0) is 16.4. The Balaban J connectivity index is 3.41. The van der Waals surface area contributed by atoms with Crippen LogP contribution in [0.15, 0.2) is 5.57 Å². The van der Waals surface area contributed by atoms with E-state index in [1.807, 2.05) is 26.0 Å². The van der Waals surface area contributed by atoms with Crippen molar-refractivity contribution in [1.82, 2.24) is 4.57 Å². The largest absolute Gasteiger partial charge is 0.443 e. The maximum atomic E-state index is 12.3. The van der Waals surface area contributed by atoms with Crippen LogP contribution in [0.4, 0.5) is 4.79 Å². The molecule has 0 amide bonds. The minimum Gasteiger partial charge on any atom is -0.443 e. The van der Waals surface area contributed by atoms with Crippen LogP contribution in [0.1, 0.15) is 43.3 Å². The Hall–Kier alpha value is -2.53. The van der Waals surface area contributed by atoms with Crippen LogP contribution in [0.3, 0.4) is 0 Å². The van der Waals surface area contributed by atoms with E-state index in [9.17, 15) is 4.79 Å². The lowest BCUT2D eigenvalue weighted by Crippen LogP contribution is -2.28. The maximum Gasteiger partial charge on any atom is 0.418 e. The highest BCUT2D eigenvalue weighted by Gasteiger charge is 2.23. The first-order chi connectivity index (χ1) is 9.62. The molecular weight excluding hydrogens is 266 g/mol. The molecule has 0 aliphatic heterocycles. The molecule has 0 bridgehead atoms. The normalized spacial score (nSPS) is 10.5. The number of aromatic nitrogens is 1. The Morgan fingerprint density at radius 1 is 1.14 bits per heavy atom. The van der Waals surface area contributed by atoms with Gasteiger partial charge in [-0.1, -0.05) is 0 Å². The molecule has 0 saturated heterocycles. The molecule has 0 fully saturated rings. The van der Waals surface area contributed by atoms with Crippen molar-refractivity contribution in [1.29, 1.82) is 10.5 Å². The van der Waals surface area contributed by atoms with E-state index in [0.717, 1.165) is 11.3 Å². The van der Waals surface area contributed by atoms with Crippen molar-refractivity contribution in [3.05, 3.63) is 28.1 Å². The Labute approximate surface area is 125 Å². The Morgan fingerprint density at radius 3 is 2.10 bits per heavy atom. The molecule has 0 N–H and O–H groups in total. The molecule has 0 aliphatic rings. The molecule has 0 aromatic carbocycles. The van der Waals surface area contributed by atoms with Crippen LogP contribution >= 0.6 is 0 Å². The van der Waals surface area contributed by atoms with E-state index in [-0.39, 0.29) is 5.57 Å². The summed E-state index contributed by atoms with van der Waals surface area (Å²) in [6.07, 6.45) is 1.04. The van der Waals surface area contributed by atoms with Gasteiger partial charge in [-0.3, -0.25) is 4.57 Å². The summed E-state index contributed by atoms with van der Waals surface area (Å²) in [6, 6.07) is 3.65. The second kappa shape index (κ2) is 5.85. The van der Waals surface area contributed by atoms with E-state index in [2.05, 4.69) is 0 Å². The minimum atomic E-state index is -0.589. The predicted molar refractivity (Wildman–Crippen MR) is 79.5 cm³/mol. The molecule has 5 heteroatoms. The first-order valence-corrected chi connectivity index (χ1v) is 6.56. The van der Waals surface area contributed by atoms with Crippen molar-refractivity contribution < 1.29 is 9.53 Å². The van der Waals surface area contributed by atoms with Crippen LogP contribution in [-0.2, 0) is 4.74 Å². The van der Waals surface area contributed by atoms with Crippen LogP contribution in [0, 0.1) is 43.4 Å². The van der Waals surface area contributed by atoms with E-state index in [1.165, 1.54) is 10.6 Å². The second-order valence-electron chi connectivity index (χ2n) is 5.81. The third-order valence-electron chi connectivity index (χ3n) is 3.11. The summed E-state index contributed by atoms with van der Waals surface area (Å²) in [5, 5.41) is 17.7. The molecule has 1 aromatic rings. The van der Waals surface area contributed by atoms with E-state index in [4.69, 9.17) is 15.3 Å². The summed E-state index contributed by atoms with van der Waals surface area (Å²) in [4.78, 5) is 12.3. The van der Waals surface area contributed by atoms with Gasteiger partial charge < -0.3 is 4.74 Å². The highest BCUT2D eigenvalue weighted by atomic mass is 16.6. The monoisotopic (exact) mass is 285 g/mol. The molecule has 1 aromatic heterocycles. The van der Waals surface area contributed by atoms with Crippen LogP contribution in [0.25, 0.3) is 6.08 Å². The zero-order valence-electron chi connectivity index (χ0n) is 13.2. The summed E-state index contributed by atoms with van der Waals surface area (Å²) in [5.74, 6) is 0. The Kier molecular flexibility index (Phi) is 4.60. The van der Waals surface area contributed by atoms with Gasteiger partial charge in [-0.25, -0.2) is 4.79 Å². The zero-order valence-corrected chi connectivity index (χ0v) is 13.2. The molecule has 0 spiro atoms. The first-order valence-electron chi connectivity index (χ1n) is 6.56. The molecule has 0 saturated carbocycles. The lowest BCUT2D eigenvalue weighted by atomic mass is 10.1. The van der Waals surface area contributed by atoms with Crippen molar-refractivity contribution in [2.45, 2.75) is 47.1 Å². The van der Waals surface area contributed by atoms with Gasteiger partial charge in [0.15, 0.2) is 0 Å². The number of ether oxygens (including phenoxy) is 1. The number of hydrogen-bond donors (Lipinski definition) is 0. The third-order valence-corrected chi connectivity index (χ3v) is 3.11. The molecule has 0 atom stereocenters. The van der Waals surface area contributed by atoms with E-state index in [1.54, 1.807) is 27.7 Å². The number of allylic oxidation sites excluding steroid dienone is 1. The molecular formula is C16H19N3O2. The topological polar surface area (TPSA) is 78.8 Å². The SMILES string of the molecule is Cc1c(C=C(C#N)C#N)c(C)n(C(=O)OC(C)(C)C)c1C. The maximum absolute atomic E-state index is 12.3. The molecule has 0 aliphatic carbocycles. The lowest BCUT2D eigenvalue weighted by Gasteiger charge is -2.20. The standard InChI is InChI=1S/C16H19N3O2/c1-10-11(2)19(15(20)21-16(4,5)6)12(3)14(10)7-13(8-17)9-18/h7H,1-6H3. The predicted octanol–water partition coefficient (Wildman–Crippen LogP) is 3.63. The summed E-state index contributed by atoms with van der Waals surface area (Å²) in [7, 11) is 0. The van der Waals surface area contributed by atoms with Crippen LogP contribution in [0.2, 0.25) is 0 Å². The average molecular weight is 285 g/mol. The van der Waals surface area contributed by atoms with Crippen LogP contribution < -0.4 is 0 Å². The highest BCUT2D eigenvalue weighted by molar-refractivity contribution is 5.78. The Morgan fingerprint density at radius 2 is 1.67 bits per heavy atom. The Bertz CT molecular complexity index is 673. The molecule has 0 radical (unpaired) electrons. The second-order valence-corrected chi connectivity index (χ2v) is 5.81. The van der Waals surface area contributed by atoms with Gasteiger partial charge in [-0.05, 0) is 53.2 Å². The fraction of sp³-hybridized carbons (Fsp3) is 0.438. The number of nitriles is 2. The van der Waals surface area contributed by atoms with Gasteiger partial charge in [0.25, 0.3) is 0 Å². The van der Waals surface area contributed by atoms with Crippen molar-refractivity contribution in [3.8, 4) is 12.1 Å². The fourth-order valence-electron chi connectivity index (χ4n) is 2.03. The van der Waals surface area contributed by atoms with Gasteiger partial charge in [0, 0.05) is 17.0 Å². The van der Waals surface area contributed by atoms with E-state index < -0.39 is 11.7 Å². The minimum absolute atomic E-state index is 0.00235. The number of hydrogen-bond acceptors (Lipinski definition) is 4. The van der Waals surface area contributed by atoms with Gasteiger partial charge >= 0.3 is 6.09 Å². The number of rotatable bonds is 1. The lowest BCUT2D eigenvalue weighted by molar-refractivity contribution is 0.0531. The fourth-order valence-corrected chi connectivity index (χ4v) is 2.03. The molecule has 5 nitrogen and oxygen atoms in total.